The van der Waals surface area contributed by atoms with Crippen LogP contribution in [0, 0.1) is 5.92 Å². The number of carbonyl (C=O) groups excluding carboxylic acids is 2. The molecule has 3 amide bonds. The highest BCUT2D eigenvalue weighted by Crippen LogP contribution is 2.24. The fourth-order valence-electron chi connectivity index (χ4n) is 2.24. The first-order valence-electron chi connectivity index (χ1n) is 5.91. The van der Waals surface area contributed by atoms with E-state index in [-0.39, 0.29) is 0 Å². The lowest BCUT2D eigenvalue weighted by molar-refractivity contribution is -0.147. The molecule has 3 atom stereocenters. The number of nitrogens with two attached hydrogens (primary N) is 1. The van der Waals surface area contributed by atoms with E-state index in [1.165, 1.54) is 0 Å². The summed E-state index contributed by atoms with van der Waals surface area (Å²) in [5.74, 6) is -1.20. The Morgan fingerprint density at radius 1 is 1.44 bits per heavy atom. The highest BCUT2D eigenvalue weighted by Gasteiger charge is 2.36. The molecule has 1 heterocycles. The van der Waals surface area contributed by atoms with Crippen LogP contribution in [0.25, 0.3) is 0 Å². The number of nitrogens with zero attached hydrogens (tertiary/aromatic N) is 1. The van der Waals surface area contributed by atoms with Crippen molar-refractivity contribution in [1.82, 2.24) is 10.2 Å². The molecule has 4 N–H and O–H groups in total. The number of hydrogen-bond donors (Lipinski definition) is 3. The van der Waals surface area contributed by atoms with E-state index in [9.17, 15) is 19.5 Å². The minimum atomic E-state index is -0.944. The summed E-state index contributed by atoms with van der Waals surface area (Å²) in [4.78, 5) is 35.1. The first kappa shape index (κ1) is 14.4. The Kier molecular flexibility index (Phi) is 4.66. The van der Waals surface area contributed by atoms with Crippen LogP contribution >= 0.6 is 0 Å². The minimum Gasteiger partial charge on any atom is -0.480 e. The van der Waals surface area contributed by atoms with Crippen molar-refractivity contribution in [2.24, 2.45) is 11.7 Å². The highest BCUT2D eigenvalue weighted by molar-refractivity contribution is 5.96. The van der Waals surface area contributed by atoms with Crippen molar-refractivity contribution >= 4 is 17.9 Å². The van der Waals surface area contributed by atoms with Crippen LogP contribution in [0.1, 0.15) is 26.7 Å². The first-order chi connectivity index (χ1) is 8.32. The summed E-state index contributed by atoms with van der Waals surface area (Å²) in [6.07, 6.45) is 1.33. The van der Waals surface area contributed by atoms with Crippen molar-refractivity contribution < 1.29 is 19.5 Å². The average Bonchev–Trinajstić information content (AvgIpc) is 2.26. The summed E-state index contributed by atoms with van der Waals surface area (Å²) in [6, 6.07) is -2.31. The maximum atomic E-state index is 11.7. The van der Waals surface area contributed by atoms with Crippen LogP contribution in [0.15, 0.2) is 0 Å². The van der Waals surface area contributed by atoms with Gasteiger partial charge in [0.05, 0.1) is 6.04 Å². The molecule has 1 aliphatic heterocycles. The Balaban J connectivity index is 2.75. The number of piperidine rings is 1. The predicted molar refractivity (Wildman–Crippen MR) is 63.7 cm³/mol. The maximum Gasteiger partial charge on any atom is 0.320 e. The molecule has 0 aliphatic carbocycles. The van der Waals surface area contributed by atoms with Crippen LogP contribution in [-0.2, 0) is 9.59 Å². The van der Waals surface area contributed by atoms with E-state index in [1.54, 1.807) is 11.8 Å². The molecule has 0 spiro atoms. The monoisotopic (exact) mass is 257 g/mol. The molecule has 3 unspecified atom stereocenters. The molecule has 0 aromatic heterocycles. The number of imide groups is 1. The van der Waals surface area contributed by atoms with E-state index in [0.717, 1.165) is 6.42 Å². The highest BCUT2D eigenvalue weighted by atomic mass is 16.4. The van der Waals surface area contributed by atoms with Crippen molar-refractivity contribution in [1.29, 1.82) is 0 Å². The number of carbonyl (C=O) groups is 3. The lowest BCUT2D eigenvalue weighted by Crippen LogP contribution is -2.56. The molecule has 7 heteroatoms. The van der Waals surface area contributed by atoms with Crippen molar-refractivity contribution in [2.45, 2.75) is 38.8 Å². The number of primary amides is 1. The Morgan fingerprint density at radius 2 is 2.06 bits per heavy atom. The zero-order chi connectivity index (χ0) is 13.9. The van der Waals surface area contributed by atoms with E-state index in [2.05, 4.69) is 0 Å². The number of nitrogens with one attached hydrogen (secondary N) is 1. The van der Waals surface area contributed by atoms with Gasteiger partial charge >= 0.3 is 12.0 Å². The van der Waals surface area contributed by atoms with Gasteiger partial charge in [0.2, 0.25) is 5.91 Å². The Hall–Kier alpha value is -1.63. The normalized spacial score (nSPS) is 26.3. The van der Waals surface area contributed by atoms with E-state index in [0.29, 0.717) is 18.9 Å². The topological polar surface area (TPSA) is 113 Å². The molecule has 0 aromatic carbocycles. The van der Waals surface area contributed by atoms with Crippen molar-refractivity contribution in [3.05, 3.63) is 0 Å². The van der Waals surface area contributed by atoms with Gasteiger partial charge in [0.25, 0.3) is 0 Å². The van der Waals surface area contributed by atoms with Crippen LogP contribution in [0.3, 0.4) is 0 Å². The van der Waals surface area contributed by atoms with Crippen molar-refractivity contribution in [3.63, 3.8) is 0 Å². The number of urea groups is 1. The van der Waals surface area contributed by atoms with Gasteiger partial charge in [-0.25, -0.2) is 4.79 Å². The molecule has 1 aliphatic rings. The van der Waals surface area contributed by atoms with Gasteiger partial charge in [-0.3, -0.25) is 19.8 Å². The molecule has 0 radical (unpaired) electrons. The summed E-state index contributed by atoms with van der Waals surface area (Å²) >= 11 is 0. The smallest absolute Gasteiger partial charge is 0.320 e. The van der Waals surface area contributed by atoms with Crippen LogP contribution < -0.4 is 11.1 Å². The minimum absolute atomic E-state index is 0.314. The Morgan fingerprint density at radius 3 is 2.56 bits per heavy atom. The summed E-state index contributed by atoms with van der Waals surface area (Å²) in [6.45, 7) is 4.08. The second-order valence-corrected chi connectivity index (χ2v) is 4.75. The SMILES string of the molecule is CC1CCN(C(C)C(=O)NC(N)=O)C(C(=O)O)C1. The number of likely N-dealkylation sites (tertiary alicyclic amines) is 1. The van der Waals surface area contributed by atoms with Crippen LogP contribution in [0.5, 0.6) is 0 Å². The fourth-order valence-corrected chi connectivity index (χ4v) is 2.24. The van der Waals surface area contributed by atoms with Crippen LogP contribution in [-0.4, -0.2) is 46.5 Å². The lowest BCUT2D eigenvalue weighted by Gasteiger charge is -2.38. The molecule has 0 saturated carbocycles. The Labute approximate surface area is 105 Å². The van der Waals surface area contributed by atoms with Crippen molar-refractivity contribution in [2.75, 3.05) is 6.54 Å². The number of hydrogen-bond acceptors (Lipinski definition) is 4. The molecule has 1 saturated heterocycles. The quantitative estimate of drug-likeness (QED) is 0.645. The van der Waals surface area contributed by atoms with Gasteiger partial charge in [-0.2, -0.15) is 0 Å². The number of rotatable bonds is 3. The molecule has 18 heavy (non-hydrogen) atoms. The van der Waals surface area contributed by atoms with Gasteiger partial charge < -0.3 is 10.8 Å². The lowest BCUT2D eigenvalue weighted by atomic mass is 9.91. The van der Waals surface area contributed by atoms with Gasteiger partial charge in [-0.1, -0.05) is 6.92 Å². The Bertz CT molecular complexity index is 358. The molecule has 0 aromatic rings. The molecule has 1 fully saturated rings. The van der Waals surface area contributed by atoms with Crippen LogP contribution in [0.4, 0.5) is 4.79 Å². The maximum absolute atomic E-state index is 11.7. The molecular weight excluding hydrogens is 238 g/mol. The molecule has 7 nitrogen and oxygen atoms in total. The third kappa shape index (κ3) is 3.43. The van der Waals surface area contributed by atoms with Gasteiger partial charge in [0.15, 0.2) is 0 Å². The van der Waals surface area contributed by atoms with Crippen molar-refractivity contribution in [3.8, 4) is 0 Å². The average molecular weight is 257 g/mol. The third-order valence-corrected chi connectivity index (χ3v) is 3.31. The van der Waals surface area contributed by atoms with Gasteiger partial charge in [-0.05, 0) is 25.7 Å². The molecule has 1 rings (SSSR count). The zero-order valence-electron chi connectivity index (χ0n) is 10.5. The van der Waals surface area contributed by atoms with Gasteiger partial charge in [-0.15, -0.1) is 0 Å². The van der Waals surface area contributed by atoms with E-state index < -0.39 is 30.0 Å². The standard InChI is InChI=1S/C11H19N3O4/c1-6-3-4-14(8(5-6)10(16)17)7(2)9(15)13-11(12)18/h6-8H,3-5H2,1-2H3,(H,16,17)(H3,12,13,15,18). The largest absolute Gasteiger partial charge is 0.480 e. The first-order valence-corrected chi connectivity index (χ1v) is 5.91. The molecule has 102 valence electrons. The van der Waals surface area contributed by atoms with E-state index >= 15 is 0 Å². The van der Waals surface area contributed by atoms with Gasteiger partial charge in [0, 0.05) is 6.54 Å². The molecular formula is C11H19N3O4. The third-order valence-electron chi connectivity index (χ3n) is 3.31. The van der Waals surface area contributed by atoms with E-state index in [1.807, 2.05) is 12.2 Å². The summed E-state index contributed by atoms with van der Waals surface area (Å²) in [7, 11) is 0. The van der Waals surface area contributed by atoms with Crippen LogP contribution in [0.2, 0.25) is 0 Å². The number of carboxylic acids is 1. The summed E-state index contributed by atoms with van der Waals surface area (Å²) in [5, 5.41) is 11.1. The second-order valence-electron chi connectivity index (χ2n) is 4.75. The van der Waals surface area contributed by atoms with Gasteiger partial charge in [0.1, 0.15) is 6.04 Å². The van der Waals surface area contributed by atoms with E-state index in [4.69, 9.17) is 5.73 Å². The predicted octanol–water partition coefficient (Wildman–Crippen LogP) is -0.245. The number of aliphatic carboxylic acids is 1. The fraction of sp³-hybridized carbons (Fsp3) is 0.727. The second kappa shape index (κ2) is 5.81. The zero-order valence-corrected chi connectivity index (χ0v) is 10.5. The summed E-state index contributed by atoms with van der Waals surface area (Å²) < 4.78 is 0. The summed E-state index contributed by atoms with van der Waals surface area (Å²) in [5.41, 5.74) is 4.87. The number of carboxylic acid groups (broad SMARTS) is 1. The molecule has 0 bridgehead atoms. The number of amides is 3.